The van der Waals surface area contributed by atoms with Crippen molar-refractivity contribution in [3.63, 3.8) is 0 Å². The maximum absolute atomic E-state index is 11.0. The molecule has 0 aromatic carbocycles. The van der Waals surface area contributed by atoms with Gasteiger partial charge >= 0.3 is 11.9 Å². The van der Waals surface area contributed by atoms with Crippen molar-refractivity contribution in [2.24, 2.45) is 5.92 Å². The molecular formula is C17H30O4. The highest BCUT2D eigenvalue weighted by Crippen LogP contribution is 2.10. The lowest BCUT2D eigenvalue weighted by Crippen LogP contribution is -2.05. The van der Waals surface area contributed by atoms with Gasteiger partial charge in [0.05, 0.1) is 6.61 Å². The smallest absolute Gasteiger partial charge is 0.333 e. The zero-order chi connectivity index (χ0) is 16.7. The summed E-state index contributed by atoms with van der Waals surface area (Å²) in [6.45, 7) is 13.2. The van der Waals surface area contributed by atoms with Crippen molar-refractivity contribution in [3.8, 4) is 0 Å². The van der Waals surface area contributed by atoms with Gasteiger partial charge in [-0.1, -0.05) is 59.1 Å². The van der Waals surface area contributed by atoms with E-state index in [9.17, 15) is 9.59 Å². The van der Waals surface area contributed by atoms with Crippen LogP contribution < -0.4 is 0 Å². The Kier molecular flexibility index (Phi) is 15.3. The average molecular weight is 298 g/mol. The van der Waals surface area contributed by atoms with E-state index in [2.05, 4.69) is 27.0 Å². The van der Waals surface area contributed by atoms with E-state index in [1.54, 1.807) is 6.92 Å². The van der Waals surface area contributed by atoms with Crippen molar-refractivity contribution in [2.45, 2.75) is 59.3 Å². The standard InChI is InChI=1S/C14H26O2.C3H4O2/c1-12(2)10-8-6-5-7-9-11-16-14(15)13(3)4;1-2-3(4)5/h12H,3,5-11H2,1-2,4H3;2H,1H2,(H,4,5). The molecule has 0 aromatic rings. The van der Waals surface area contributed by atoms with E-state index in [4.69, 9.17) is 9.84 Å². The number of aliphatic carboxylic acids is 1. The second-order valence-corrected chi connectivity index (χ2v) is 5.41. The highest BCUT2D eigenvalue weighted by atomic mass is 16.5. The Morgan fingerprint density at radius 2 is 1.62 bits per heavy atom. The SMILES string of the molecule is C=C(C)C(=O)OCCCCCCCC(C)C.C=CC(=O)O. The number of ether oxygens (including phenoxy) is 1. The number of hydrogen-bond donors (Lipinski definition) is 1. The molecule has 4 nitrogen and oxygen atoms in total. The van der Waals surface area contributed by atoms with Gasteiger partial charge in [-0.15, -0.1) is 0 Å². The molecule has 0 radical (unpaired) electrons. The first-order valence-corrected chi connectivity index (χ1v) is 7.49. The number of carbonyl (C=O) groups excluding carboxylic acids is 1. The largest absolute Gasteiger partial charge is 0.478 e. The summed E-state index contributed by atoms with van der Waals surface area (Å²) in [5.74, 6) is -0.429. The molecule has 0 unspecified atom stereocenters. The van der Waals surface area contributed by atoms with Crippen LogP contribution in [-0.2, 0) is 14.3 Å². The van der Waals surface area contributed by atoms with Gasteiger partial charge in [0.15, 0.2) is 0 Å². The van der Waals surface area contributed by atoms with Gasteiger partial charge in [0, 0.05) is 11.6 Å². The number of carboxylic acids is 1. The summed E-state index contributed by atoms with van der Waals surface area (Å²) in [5, 5.41) is 7.60. The van der Waals surface area contributed by atoms with Gasteiger partial charge in [-0.3, -0.25) is 0 Å². The second kappa shape index (κ2) is 14.8. The molecule has 0 aliphatic carbocycles. The quantitative estimate of drug-likeness (QED) is 0.370. The Labute approximate surface area is 128 Å². The van der Waals surface area contributed by atoms with Gasteiger partial charge in [0.1, 0.15) is 0 Å². The summed E-state index contributed by atoms with van der Waals surface area (Å²) in [7, 11) is 0. The fraction of sp³-hybridized carbons (Fsp3) is 0.647. The van der Waals surface area contributed by atoms with E-state index in [-0.39, 0.29) is 5.97 Å². The van der Waals surface area contributed by atoms with Crippen LogP contribution in [0.15, 0.2) is 24.8 Å². The Morgan fingerprint density at radius 1 is 1.14 bits per heavy atom. The van der Waals surface area contributed by atoms with Crippen molar-refractivity contribution in [3.05, 3.63) is 24.8 Å². The van der Waals surface area contributed by atoms with Gasteiger partial charge < -0.3 is 9.84 Å². The van der Waals surface area contributed by atoms with Crippen LogP contribution in [0.5, 0.6) is 0 Å². The summed E-state index contributed by atoms with van der Waals surface area (Å²) in [6.07, 6.45) is 8.15. The van der Waals surface area contributed by atoms with E-state index >= 15 is 0 Å². The lowest BCUT2D eigenvalue weighted by Gasteiger charge is -2.05. The molecule has 0 saturated heterocycles. The topological polar surface area (TPSA) is 63.6 Å². The van der Waals surface area contributed by atoms with E-state index in [0.29, 0.717) is 12.2 Å². The van der Waals surface area contributed by atoms with Crippen LogP contribution in [0.3, 0.4) is 0 Å². The van der Waals surface area contributed by atoms with Crippen LogP contribution >= 0.6 is 0 Å². The molecule has 1 N–H and O–H groups in total. The van der Waals surface area contributed by atoms with Crippen molar-refractivity contribution in [1.82, 2.24) is 0 Å². The molecule has 0 spiro atoms. The molecular weight excluding hydrogens is 268 g/mol. The lowest BCUT2D eigenvalue weighted by molar-refractivity contribution is -0.139. The molecule has 0 bridgehead atoms. The summed E-state index contributed by atoms with van der Waals surface area (Å²) in [4.78, 5) is 20.3. The lowest BCUT2D eigenvalue weighted by atomic mass is 10.0. The molecule has 0 saturated carbocycles. The predicted molar refractivity (Wildman–Crippen MR) is 86.1 cm³/mol. The van der Waals surface area contributed by atoms with Gasteiger partial charge in [-0.05, 0) is 19.3 Å². The van der Waals surface area contributed by atoms with Crippen molar-refractivity contribution >= 4 is 11.9 Å². The zero-order valence-electron chi connectivity index (χ0n) is 13.7. The van der Waals surface area contributed by atoms with Crippen LogP contribution in [-0.4, -0.2) is 23.7 Å². The van der Waals surface area contributed by atoms with E-state index < -0.39 is 5.97 Å². The molecule has 0 aliphatic rings. The third-order valence-corrected chi connectivity index (χ3v) is 2.68. The summed E-state index contributed by atoms with van der Waals surface area (Å²) in [6, 6.07) is 0. The first-order chi connectivity index (χ1) is 9.81. The molecule has 21 heavy (non-hydrogen) atoms. The van der Waals surface area contributed by atoms with Crippen LogP contribution in [0.1, 0.15) is 59.3 Å². The van der Waals surface area contributed by atoms with Crippen LogP contribution in [0.4, 0.5) is 0 Å². The molecule has 0 atom stereocenters. The molecule has 0 aliphatic heterocycles. The van der Waals surface area contributed by atoms with Crippen LogP contribution in [0.2, 0.25) is 0 Å². The normalized spacial score (nSPS) is 9.52. The molecule has 122 valence electrons. The predicted octanol–water partition coefficient (Wildman–Crippen LogP) is 4.36. The summed E-state index contributed by atoms with van der Waals surface area (Å²) in [5.41, 5.74) is 0.483. The van der Waals surface area contributed by atoms with E-state index in [1.807, 2.05) is 0 Å². The fourth-order valence-electron chi connectivity index (χ4n) is 1.47. The Hall–Kier alpha value is -1.58. The van der Waals surface area contributed by atoms with Crippen molar-refractivity contribution < 1.29 is 19.4 Å². The minimum Gasteiger partial charge on any atom is -0.478 e. The third-order valence-electron chi connectivity index (χ3n) is 2.68. The van der Waals surface area contributed by atoms with Crippen molar-refractivity contribution in [1.29, 1.82) is 0 Å². The minimum atomic E-state index is -0.981. The Balaban J connectivity index is 0. The summed E-state index contributed by atoms with van der Waals surface area (Å²) < 4.78 is 5.01. The van der Waals surface area contributed by atoms with Crippen molar-refractivity contribution in [2.75, 3.05) is 6.61 Å². The first-order valence-electron chi connectivity index (χ1n) is 7.49. The first kappa shape index (κ1) is 21.7. The summed E-state index contributed by atoms with van der Waals surface area (Å²) >= 11 is 0. The molecule has 0 rings (SSSR count). The molecule has 0 amide bonds. The fourth-order valence-corrected chi connectivity index (χ4v) is 1.47. The monoisotopic (exact) mass is 298 g/mol. The van der Waals surface area contributed by atoms with E-state index in [1.165, 1.54) is 25.7 Å². The Bertz CT molecular complexity index is 319. The van der Waals surface area contributed by atoms with Gasteiger partial charge in [0.25, 0.3) is 0 Å². The van der Waals surface area contributed by atoms with Crippen LogP contribution in [0.25, 0.3) is 0 Å². The second-order valence-electron chi connectivity index (χ2n) is 5.41. The van der Waals surface area contributed by atoms with Gasteiger partial charge in [-0.2, -0.15) is 0 Å². The molecule has 0 heterocycles. The maximum Gasteiger partial charge on any atom is 0.333 e. The van der Waals surface area contributed by atoms with Gasteiger partial charge in [0.2, 0.25) is 0 Å². The highest BCUT2D eigenvalue weighted by Gasteiger charge is 2.01. The van der Waals surface area contributed by atoms with E-state index in [0.717, 1.165) is 24.8 Å². The van der Waals surface area contributed by atoms with Gasteiger partial charge in [-0.25, -0.2) is 9.59 Å². The van der Waals surface area contributed by atoms with Crippen LogP contribution in [0, 0.1) is 5.92 Å². The number of esters is 1. The molecule has 4 heteroatoms. The highest BCUT2D eigenvalue weighted by molar-refractivity contribution is 5.86. The Morgan fingerprint density at radius 3 is 2.05 bits per heavy atom. The average Bonchev–Trinajstić information content (AvgIpc) is 2.41. The zero-order valence-corrected chi connectivity index (χ0v) is 13.7. The molecule has 0 aromatic heterocycles. The number of unbranched alkanes of at least 4 members (excludes halogenated alkanes) is 4. The maximum atomic E-state index is 11.0. The number of hydrogen-bond acceptors (Lipinski definition) is 3. The number of carbonyl (C=O) groups is 2. The minimum absolute atomic E-state index is 0.264. The number of rotatable bonds is 10. The molecule has 0 fully saturated rings. The third kappa shape index (κ3) is 20.9. The number of carboxylic acid groups (broad SMARTS) is 1.